The second-order valence-electron chi connectivity index (χ2n) is 3.30. The van der Waals surface area contributed by atoms with Crippen molar-refractivity contribution in [2.45, 2.75) is 26.8 Å². The van der Waals surface area contributed by atoms with E-state index in [2.05, 4.69) is 15.3 Å². The molecule has 0 aromatic carbocycles. The first-order valence-electron chi connectivity index (χ1n) is 4.39. The van der Waals surface area contributed by atoms with Gasteiger partial charge in [0.15, 0.2) is 0 Å². The Bertz CT molecular complexity index is 283. The van der Waals surface area contributed by atoms with Crippen LogP contribution in [0.2, 0.25) is 0 Å². The third-order valence-electron chi connectivity index (χ3n) is 1.67. The molecule has 0 fully saturated rings. The molecule has 0 aliphatic heterocycles. The van der Waals surface area contributed by atoms with Gasteiger partial charge in [0.25, 0.3) is 0 Å². The van der Waals surface area contributed by atoms with Crippen LogP contribution in [0.5, 0.6) is 0 Å². The summed E-state index contributed by atoms with van der Waals surface area (Å²) in [4.78, 5) is 8.51. The Labute approximate surface area is 78.6 Å². The van der Waals surface area contributed by atoms with Crippen LogP contribution in [0.3, 0.4) is 0 Å². The monoisotopic (exact) mass is 180 g/mol. The van der Waals surface area contributed by atoms with Crippen molar-refractivity contribution < 1.29 is 0 Å². The molecule has 1 rings (SSSR count). The van der Waals surface area contributed by atoms with Crippen LogP contribution < -0.4 is 11.1 Å². The third kappa shape index (κ3) is 2.99. The number of hydrogen-bond donors (Lipinski definition) is 2. The van der Waals surface area contributed by atoms with Crippen molar-refractivity contribution in [2.24, 2.45) is 5.73 Å². The lowest BCUT2D eigenvalue weighted by Crippen LogP contribution is -2.26. The molecular weight excluding hydrogens is 164 g/mol. The minimum Gasteiger partial charge on any atom is -0.367 e. The molecule has 0 aliphatic carbocycles. The van der Waals surface area contributed by atoms with E-state index in [1.54, 1.807) is 6.20 Å². The van der Waals surface area contributed by atoms with E-state index in [4.69, 9.17) is 5.73 Å². The van der Waals surface area contributed by atoms with Crippen LogP contribution in [0, 0.1) is 13.8 Å². The molecule has 0 aliphatic rings. The van der Waals surface area contributed by atoms with Gasteiger partial charge in [-0.25, -0.2) is 4.98 Å². The Kier molecular flexibility index (Phi) is 3.19. The first kappa shape index (κ1) is 9.92. The van der Waals surface area contributed by atoms with E-state index < -0.39 is 0 Å². The van der Waals surface area contributed by atoms with Gasteiger partial charge in [0.1, 0.15) is 5.82 Å². The van der Waals surface area contributed by atoms with Crippen molar-refractivity contribution in [1.29, 1.82) is 0 Å². The summed E-state index contributed by atoms with van der Waals surface area (Å²) in [6.07, 6.45) is 1.76. The Hall–Kier alpha value is -1.16. The van der Waals surface area contributed by atoms with Gasteiger partial charge in [0, 0.05) is 18.8 Å². The molecule has 0 bridgehead atoms. The second kappa shape index (κ2) is 4.18. The average Bonchev–Trinajstić information content (AvgIpc) is 2.06. The van der Waals surface area contributed by atoms with Crippen molar-refractivity contribution in [3.05, 3.63) is 17.6 Å². The number of nitrogens with one attached hydrogen (secondary N) is 1. The predicted octanol–water partition coefficient (Wildman–Crippen LogP) is 0.853. The molecule has 4 nitrogen and oxygen atoms in total. The summed E-state index contributed by atoms with van der Waals surface area (Å²) in [6.45, 7) is 6.52. The lowest BCUT2D eigenvalue weighted by molar-refractivity contribution is 0.774. The maximum atomic E-state index is 5.62. The maximum absolute atomic E-state index is 5.62. The molecule has 4 heteroatoms. The highest BCUT2D eigenvalue weighted by molar-refractivity contribution is 5.39. The summed E-state index contributed by atoms with van der Waals surface area (Å²) in [5.74, 6) is 0.831. The van der Waals surface area contributed by atoms with E-state index in [0.29, 0.717) is 0 Å². The van der Waals surface area contributed by atoms with Crippen molar-refractivity contribution in [3.63, 3.8) is 0 Å². The van der Waals surface area contributed by atoms with Crippen LogP contribution in [0.25, 0.3) is 0 Å². The number of rotatable bonds is 3. The SMILES string of the molecule is Cc1cnc(C)c(NCC(C)N)n1. The second-order valence-corrected chi connectivity index (χ2v) is 3.30. The molecule has 0 saturated heterocycles. The highest BCUT2D eigenvalue weighted by Gasteiger charge is 2.01. The predicted molar refractivity (Wildman–Crippen MR) is 53.6 cm³/mol. The number of nitrogens with two attached hydrogens (primary N) is 1. The molecule has 1 aromatic heterocycles. The zero-order chi connectivity index (χ0) is 9.84. The van der Waals surface area contributed by atoms with Crippen molar-refractivity contribution in [2.75, 3.05) is 11.9 Å². The Morgan fingerprint density at radius 1 is 1.54 bits per heavy atom. The van der Waals surface area contributed by atoms with E-state index in [9.17, 15) is 0 Å². The number of aromatic nitrogens is 2. The van der Waals surface area contributed by atoms with Crippen molar-refractivity contribution in [3.8, 4) is 0 Å². The molecule has 1 unspecified atom stereocenters. The molecule has 1 atom stereocenters. The van der Waals surface area contributed by atoms with Gasteiger partial charge in [0.2, 0.25) is 0 Å². The highest BCUT2D eigenvalue weighted by Crippen LogP contribution is 2.07. The van der Waals surface area contributed by atoms with Gasteiger partial charge in [-0.1, -0.05) is 0 Å². The standard InChI is InChI=1S/C9H16N4/c1-6(10)4-12-9-8(3)11-5-7(2)13-9/h5-6H,4,10H2,1-3H3,(H,12,13). The first-order chi connectivity index (χ1) is 6.09. The number of anilines is 1. The number of nitrogens with zero attached hydrogens (tertiary/aromatic N) is 2. The molecule has 0 spiro atoms. The summed E-state index contributed by atoms with van der Waals surface area (Å²) in [5, 5.41) is 3.15. The molecule has 3 N–H and O–H groups in total. The lowest BCUT2D eigenvalue weighted by atomic mass is 10.3. The van der Waals surface area contributed by atoms with Crippen LogP contribution in [-0.2, 0) is 0 Å². The topological polar surface area (TPSA) is 63.8 Å². The van der Waals surface area contributed by atoms with Gasteiger partial charge in [-0.2, -0.15) is 0 Å². The fourth-order valence-corrected chi connectivity index (χ4v) is 0.963. The normalized spacial score (nSPS) is 12.6. The molecule has 1 aromatic rings. The molecule has 0 amide bonds. The van der Waals surface area contributed by atoms with Crippen LogP contribution in [0.15, 0.2) is 6.20 Å². The summed E-state index contributed by atoms with van der Waals surface area (Å²) >= 11 is 0. The van der Waals surface area contributed by atoms with E-state index in [1.165, 1.54) is 0 Å². The van der Waals surface area contributed by atoms with Gasteiger partial charge in [-0.15, -0.1) is 0 Å². The molecule has 0 saturated carbocycles. The largest absolute Gasteiger partial charge is 0.367 e. The zero-order valence-electron chi connectivity index (χ0n) is 8.33. The summed E-state index contributed by atoms with van der Waals surface area (Å²) in [5.41, 5.74) is 7.44. The average molecular weight is 180 g/mol. The third-order valence-corrected chi connectivity index (χ3v) is 1.67. The fraction of sp³-hybridized carbons (Fsp3) is 0.556. The summed E-state index contributed by atoms with van der Waals surface area (Å²) in [6, 6.07) is 0.127. The fourth-order valence-electron chi connectivity index (χ4n) is 0.963. The van der Waals surface area contributed by atoms with Gasteiger partial charge in [-0.05, 0) is 20.8 Å². The molecule has 1 heterocycles. The van der Waals surface area contributed by atoms with E-state index in [1.807, 2.05) is 20.8 Å². The molecule has 72 valence electrons. The van der Waals surface area contributed by atoms with E-state index in [-0.39, 0.29) is 6.04 Å². The Morgan fingerprint density at radius 2 is 2.23 bits per heavy atom. The zero-order valence-corrected chi connectivity index (χ0v) is 8.33. The van der Waals surface area contributed by atoms with Gasteiger partial charge < -0.3 is 11.1 Å². The van der Waals surface area contributed by atoms with Crippen LogP contribution in [0.4, 0.5) is 5.82 Å². The first-order valence-corrected chi connectivity index (χ1v) is 4.39. The summed E-state index contributed by atoms with van der Waals surface area (Å²) < 4.78 is 0. The van der Waals surface area contributed by atoms with E-state index in [0.717, 1.165) is 23.8 Å². The smallest absolute Gasteiger partial charge is 0.147 e. The quantitative estimate of drug-likeness (QED) is 0.724. The number of aryl methyl sites for hydroxylation is 2. The minimum atomic E-state index is 0.127. The van der Waals surface area contributed by atoms with Crippen LogP contribution in [-0.4, -0.2) is 22.6 Å². The van der Waals surface area contributed by atoms with Crippen LogP contribution in [0.1, 0.15) is 18.3 Å². The van der Waals surface area contributed by atoms with Gasteiger partial charge in [0.05, 0.1) is 11.4 Å². The van der Waals surface area contributed by atoms with Crippen molar-refractivity contribution in [1.82, 2.24) is 9.97 Å². The molecule has 13 heavy (non-hydrogen) atoms. The Balaban J connectivity index is 2.70. The lowest BCUT2D eigenvalue weighted by Gasteiger charge is -2.10. The van der Waals surface area contributed by atoms with Gasteiger partial charge in [-0.3, -0.25) is 4.98 Å². The van der Waals surface area contributed by atoms with Crippen LogP contribution >= 0.6 is 0 Å². The number of hydrogen-bond acceptors (Lipinski definition) is 4. The van der Waals surface area contributed by atoms with E-state index >= 15 is 0 Å². The molecule has 0 radical (unpaired) electrons. The maximum Gasteiger partial charge on any atom is 0.147 e. The summed E-state index contributed by atoms with van der Waals surface area (Å²) in [7, 11) is 0. The minimum absolute atomic E-state index is 0.127. The highest BCUT2D eigenvalue weighted by atomic mass is 15.0. The van der Waals surface area contributed by atoms with Gasteiger partial charge >= 0.3 is 0 Å². The molecular formula is C9H16N4. The van der Waals surface area contributed by atoms with Crippen molar-refractivity contribution >= 4 is 5.82 Å². The Morgan fingerprint density at radius 3 is 2.85 bits per heavy atom.